The number of guanidine groups is 1. The first-order valence-corrected chi connectivity index (χ1v) is 10.8. The molecule has 2 aromatic rings. The summed E-state index contributed by atoms with van der Waals surface area (Å²) in [5.74, 6) is 1.37. The van der Waals surface area contributed by atoms with Crippen LogP contribution in [0, 0.1) is 0 Å². The minimum atomic E-state index is -3.18. The number of aliphatic imine (C=N–C) groups is 1. The largest absolute Gasteiger partial charge is 0.492 e. The highest BCUT2D eigenvalue weighted by Crippen LogP contribution is 2.15. The molecule has 0 aromatic heterocycles. The summed E-state index contributed by atoms with van der Waals surface area (Å²) >= 11 is 0. The van der Waals surface area contributed by atoms with Gasteiger partial charge in [-0.25, -0.2) is 8.42 Å². The van der Waals surface area contributed by atoms with E-state index in [1.165, 1.54) is 11.8 Å². The molecular weight excluding hydrogens is 489 g/mol. The maximum Gasteiger partial charge on any atom is 0.191 e. The average molecular weight is 517 g/mol. The Morgan fingerprint density at radius 3 is 2.25 bits per heavy atom. The lowest BCUT2D eigenvalue weighted by molar-refractivity contribution is 0.321. The third kappa shape index (κ3) is 8.92. The zero-order valence-corrected chi connectivity index (χ0v) is 19.4. The van der Waals surface area contributed by atoms with Gasteiger partial charge in [-0.05, 0) is 42.7 Å². The molecule has 0 saturated carbocycles. The van der Waals surface area contributed by atoms with Crippen molar-refractivity contribution in [2.75, 3.05) is 33.0 Å². The van der Waals surface area contributed by atoms with Crippen molar-refractivity contribution in [3.8, 4) is 5.75 Å². The van der Waals surface area contributed by atoms with Gasteiger partial charge in [-0.2, -0.15) is 0 Å². The number of sulfone groups is 1. The van der Waals surface area contributed by atoms with Gasteiger partial charge in [-0.3, -0.25) is 4.99 Å². The molecule has 6 nitrogen and oxygen atoms in total. The molecule has 0 amide bonds. The zero-order chi connectivity index (χ0) is 19.5. The fourth-order valence-corrected chi connectivity index (χ4v) is 3.12. The summed E-state index contributed by atoms with van der Waals surface area (Å²) in [6.45, 7) is 1.87. The highest BCUT2D eigenvalue weighted by molar-refractivity contribution is 14.0. The average Bonchev–Trinajstić information content (AvgIpc) is 2.67. The van der Waals surface area contributed by atoms with Crippen LogP contribution >= 0.6 is 24.0 Å². The van der Waals surface area contributed by atoms with Crippen molar-refractivity contribution in [1.82, 2.24) is 10.6 Å². The second-order valence-electron chi connectivity index (χ2n) is 6.11. The minimum absolute atomic E-state index is 0. The van der Waals surface area contributed by atoms with Gasteiger partial charge in [0.05, 0.1) is 11.4 Å². The third-order valence-electron chi connectivity index (χ3n) is 3.92. The first-order chi connectivity index (χ1) is 13.0. The number of aryl methyl sites for hydroxylation is 1. The molecule has 154 valence electrons. The number of rotatable bonds is 9. The Morgan fingerprint density at radius 2 is 1.64 bits per heavy atom. The van der Waals surface area contributed by atoms with Gasteiger partial charge in [0.15, 0.2) is 15.8 Å². The monoisotopic (exact) mass is 517 g/mol. The fourth-order valence-electron chi connectivity index (χ4n) is 2.49. The molecule has 0 saturated heterocycles. The number of hydrogen-bond donors (Lipinski definition) is 2. The second kappa shape index (κ2) is 12.6. The first-order valence-electron chi connectivity index (χ1n) is 8.90. The molecule has 2 N–H and O–H groups in total. The Labute approximate surface area is 184 Å². The summed E-state index contributed by atoms with van der Waals surface area (Å²) in [5, 5.41) is 6.47. The Kier molecular flexibility index (Phi) is 10.9. The summed E-state index contributed by atoms with van der Waals surface area (Å²) in [6, 6.07) is 16.8. The van der Waals surface area contributed by atoms with E-state index in [4.69, 9.17) is 4.74 Å². The molecule has 8 heteroatoms. The van der Waals surface area contributed by atoms with E-state index in [1.807, 2.05) is 6.07 Å². The predicted molar refractivity (Wildman–Crippen MR) is 125 cm³/mol. The van der Waals surface area contributed by atoms with Gasteiger partial charge in [-0.15, -0.1) is 24.0 Å². The Hall–Kier alpha value is -1.81. The number of halogens is 1. The van der Waals surface area contributed by atoms with Crippen molar-refractivity contribution in [3.05, 3.63) is 60.2 Å². The van der Waals surface area contributed by atoms with Gasteiger partial charge in [-0.1, -0.05) is 30.3 Å². The molecule has 0 aliphatic heterocycles. The summed E-state index contributed by atoms with van der Waals surface area (Å²) in [6.07, 6.45) is 3.23. The molecule has 0 fully saturated rings. The molecule has 0 radical (unpaired) electrons. The SMILES string of the molecule is CN=C(NCCCc1ccccc1)NCCOc1ccc(S(C)(=O)=O)cc1.I. The van der Waals surface area contributed by atoms with Crippen LogP contribution in [0.2, 0.25) is 0 Å². The molecule has 0 unspecified atom stereocenters. The Morgan fingerprint density at radius 1 is 1.00 bits per heavy atom. The van der Waals surface area contributed by atoms with Crippen molar-refractivity contribution in [1.29, 1.82) is 0 Å². The van der Waals surface area contributed by atoms with Gasteiger partial charge in [0, 0.05) is 19.8 Å². The highest BCUT2D eigenvalue weighted by Gasteiger charge is 2.06. The lowest BCUT2D eigenvalue weighted by Gasteiger charge is -2.12. The molecule has 0 spiro atoms. The van der Waals surface area contributed by atoms with Crippen LogP contribution in [-0.2, 0) is 16.3 Å². The van der Waals surface area contributed by atoms with Crippen LogP contribution in [-0.4, -0.2) is 47.4 Å². The van der Waals surface area contributed by atoms with Crippen LogP contribution in [0.5, 0.6) is 5.75 Å². The van der Waals surface area contributed by atoms with Crippen molar-refractivity contribution >= 4 is 39.8 Å². The van der Waals surface area contributed by atoms with Crippen molar-refractivity contribution in [2.24, 2.45) is 4.99 Å². The first kappa shape index (κ1) is 24.2. The molecule has 0 atom stereocenters. The lowest BCUT2D eigenvalue weighted by atomic mass is 10.1. The van der Waals surface area contributed by atoms with E-state index >= 15 is 0 Å². The maximum atomic E-state index is 11.4. The quantitative estimate of drug-likeness (QED) is 0.232. The molecule has 2 rings (SSSR count). The van der Waals surface area contributed by atoms with E-state index < -0.39 is 9.84 Å². The normalized spacial score (nSPS) is 11.4. The van der Waals surface area contributed by atoms with Crippen LogP contribution in [0.4, 0.5) is 0 Å². The number of nitrogens with zero attached hydrogens (tertiary/aromatic N) is 1. The lowest BCUT2D eigenvalue weighted by Crippen LogP contribution is -2.39. The van der Waals surface area contributed by atoms with E-state index in [9.17, 15) is 8.42 Å². The van der Waals surface area contributed by atoms with Gasteiger partial charge >= 0.3 is 0 Å². The molecule has 0 aliphatic rings. The standard InChI is InChI=1S/C20H27N3O3S.HI/c1-21-20(22-14-6-9-17-7-4-3-5-8-17)23-15-16-26-18-10-12-19(13-11-18)27(2,24)25;/h3-5,7-8,10-13H,6,9,14-16H2,1-2H3,(H2,21,22,23);1H. The van der Waals surface area contributed by atoms with Crippen molar-refractivity contribution in [2.45, 2.75) is 17.7 Å². The van der Waals surface area contributed by atoms with Gasteiger partial charge in [0.1, 0.15) is 12.4 Å². The summed E-state index contributed by atoms with van der Waals surface area (Å²) in [7, 11) is -1.45. The Bertz CT molecular complexity index is 826. The van der Waals surface area contributed by atoms with Crippen molar-refractivity contribution < 1.29 is 13.2 Å². The van der Waals surface area contributed by atoms with E-state index in [0.29, 0.717) is 18.9 Å². The topological polar surface area (TPSA) is 79.8 Å². The minimum Gasteiger partial charge on any atom is -0.492 e. The van der Waals surface area contributed by atoms with E-state index in [2.05, 4.69) is 39.9 Å². The van der Waals surface area contributed by atoms with E-state index in [1.54, 1.807) is 31.3 Å². The molecule has 0 aliphatic carbocycles. The van der Waals surface area contributed by atoms with Crippen LogP contribution in [0.15, 0.2) is 64.5 Å². The maximum absolute atomic E-state index is 11.4. The van der Waals surface area contributed by atoms with E-state index in [-0.39, 0.29) is 28.9 Å². The number of hydrogen-bond acceptors (Lipinski definition) is 4. The van der Waals surface area contributed by atoms with Crippen LogP contribution < -0.4 is 15.4 Å². The van der Waals surface area contributed by atoms with Gasteiger partial charge in [0.2, 0.25) is 0 Å². The van der Waals surface area contributed by atoms with Crippen LogP contribution in [0.25, 0.3) is 0 Å². The summed E-state index contributed by atoms with van der Waals surface area (Å²) < 4.78 is 28.5. The molecule has 0 heterocycles. The Balaban J connectivity index is 0.00000392. The van der Waals surface area contributed by atoms with Crippen LogP contribution in [0.3, 0.4) is 0 Å². The number of benzene rings is 2. The zero-order valence-electron chi connectivity index (χ0n) is 16.2. The molecule has 28 heavy (non-hydrogen) atoms. The van der Waals surface area contributed by atoms with E-state index in [0.717, 1.165) is 25.3 Å². The molecule has 0 bridgehead atoms. The summed E-state index contributed by atoms with van der Waals surface area (Å²) in [5.41, 5.74) is 1.33. The highest BCUT2D eigenvalue weighted by atomic mass is 127. The molecule has 2 aromatic carbocycles. The third-order valence-corrected chi connectivity index (χ3v) is 5.04. The fraction of sp³-hybridized carbons (Fsp3) is 0.350. The molecular formula is C20H28IN3O3S. The van der Waals surface area contributed by atoms with Crippen LogP contribution in [0.1, 0.15) is 12.0 Å². The second-order valence-corrected chi connectivity index (χ2v) is 8.12. The number of ether oxygens (including phenoxy) is 1. The predicted octanol–water partition coefficient (Wildman–Crippen LogP) is 2.88. The smallest absolute Gasteiger partial charge is 0.191 e. The number of nitrogens with one attached hydrogen (secondary N) is 2. The van der Waals surface area contributed by atoms with Gasteiger partial charge < -0.3 is 15.4 Å². The van der Waals surface area contributed by atoms with Crippen molar-refractivity contribution in [3.63, 3.8) is 0 Å². The summed E-state index contributed by atoms with van der Waals surface area (Å²) in [4.78, 5) is 4.47. The van der Waals surface area contributed by atoms with Gasteiger partial charge in [0.25, 0.3) is 0 Å².